The van der Waals surface area contributed by atoms with Gasteiger partial charge >= 0.3 is 0 Å². The zero-order chi connectivity index (χ0) is 18.5. The van der Waals surface area contributed by atoms with Crippen LogP contribution in [0.3, 0.4) is 0 Å². The lowest BCUT2D eigenvalue weighted by Gasteiger charge is -2.16. The zero-order valence-corrected chi connectivity index (χ0v) is 16.7. The van der Waals surface area contributed by atoms with Crippen molar-refractivity contribution >= 4 is 17.0 Å². The second-order valence-electron chi connectivity index (χ2n) is 6.30. The number of nitrogens with zero attached hydrogens (tertiary/aromatic N) is 2. The van der Waals surface area contributed by atoms with Crippen LogP contribution >= 0.6 is 11.3 Å². The molecule has 138 valence electrons. The number of furan rings is 1. The summed E-state index contributed by atoms with van der Waals surface area (Å²) in [5, 5.41) is 2.12. The Morgan fingerprint density at radius 3 is 2.46 bits per heavy atom. The van der Waals surface area contributed by atoms with E-state index in [-0.39, 0.29) is 6.04 Å². The van der Waals surface area contributed by atoms with Crippen LogP contribution in [0.25, 0.3) is 11.5 Å². The van der Waals surface area contributed by atoms with E-state index in [9.17, 15) is 0 Å². The monoisotopic (exact) mass is 370 g/mol. The Labute approximate surface area is 158 Å². The van der Waals surface area contributed by atoms with E-state index < -0.39 is 0 Å². The fourth-order valence-electron chi connectivity index (χ4n) is 3.20. The van der Waals surface area contributed by atoms with E-state index >= 15 is 0 Å². The maximum Gasteiger partial charge on any atom is 0.190 e. The van der Waals surface area contributed by atoms with Gasteiger partial charge in [0.05, 0.1) is 30.3 Å². The number of ether oxygens (including phenoxy) is 1. The highest BCUT2D eigenvalue weighted by atomic mass is 32.1. The fourth-order valence-corrected chi connectivity index (χ4v) is 4.19. The Kier molecular flexibility index (Phi) is 6.12. The van der Waals surface area contributed by atoms with E-state index in [0.717, 1.165) is 34.8 Å². The van der Waals surface area contributed by atoms with E-state index in [1.165, 1.54) is 11.1 Å². The fraction of sp³-hybridized carbons (Fsp3) is 0.381. The van der Waals surface area contributed by atoms with Crippen molar-refractivity contribution in [3.05, 3.63) is 57.9 Å². The van der Waals surface area contributed by atoms with Crippen molar-refractivity contribution in [2.24, 2.45) is 4.99 Å². The molecule has 0 spiro atoms. The van der Waals surface area contributed by atoms with Gasteiger partial charge in [-0.25, -0.2) is 4.99 Å². The van der Waals surface area contributed by atoms with Gasteiger partial charge in [-0.15, -0.1) is 11.3 Å². The summed E-state index contributed by atoms with van der Waals surface area (Å²) in [5.41, 5.74) is 4.70. The molecule has 26 heavy (non-hydrogen) atoms. The molecule has 0 aliphatic carbocycles. The van der Waals surface area contributed by atoms with Crippen molar-refractivity contribution in [1.29, 1.82) is 0 Å². The predicted octanol–water partition coefficient (Wildman–Crippen LogP) is 5.37. The summed E-state index contributed by atoms with van der Waals surface area (Å²) in [7, 11) is 1.73. The first-order valence-electron chi connectivity index (χ1n) is 9.07. The Morgan fingerprint density at radius 2 is 1.88 bits per heavy atom. The molecule has 5 heteroatoms. The SMILES string of the molecule is CCc1cccc(CC)c1N=c1scc(-c2ccco2)n1C(C)COC. The highest BCUT2D eigenvalue weighted by Crippen LogP contribution is 2.28. The molecule has 0 fully saturated rings. The highest BCUT2D eigenvalue weighted by Gasteiger charge is 2.16. The summed E-state index contributed by atoms with van der Waals surface area (Å²) in [4.78, 5) is 6.07. The van der Waals surface area contributed by atoms with Crippen molar-refractivity contribution in [3.63, 3.8) is 0 Å². The molecule has 0 aliphatic rings. The maximum absolute atomic E-state index is 5.65. The van der Waals surface area contributed by atoms with Crippen LogP contribution in [0.1, 0.15) is 37.9 Å². The van der Waals surface area contributed by atoms with Crippen molar-refractivity contribution < 1.29 is 9.15 Å². The van der Waals surface area contributed by atoms with Crippen LogP contribution in [0.4, 0.5) is 5.69 Å². The van der Waals surface area contributed by atoms with E-state index in [0.29, 0.717) is 6.61 Å². The van der Waals surface area contributed by atoms with Gasteiger partial charge in [0.1, 0.15) is 0 Å². The second kappa shape index (κ2) is 8.52. The molecule has 0 radical (unpaired) electrons. The Morgan fingerprint density at radius 1 is 1.15 bits per heavy atom. The second-order valence-corrected chi connectivity index (χ2v) is 7.14. The molecule has 0 saturated heterocycles. The first kappa shape index (κ1) is 18.7. The number of thiazole rings is 1. The number of methoxy groups -OCH3 is 1. The minimum atomic E-state index is 0.156. The molecule has 1 aromatic carbocycles. The van der Waals surface area contributed by atoms with Gasteiger partial charge in [-0.3, -0.25) is 0 Å². The number of hydrogen-bond acceptors (Lipinski definition) is 4. The zero-order valence-electron chi connectivity index (χ0n) is 15.9. The van der Waals surface area contributed by atoms with Crippen molar-refractivity contribution in [3.8, 4) is 11.5 Å². The molecule has 0 saturated carbocycles. The minimum absolute atomic E-state index is 0.156. The summed E-state index contributed by atoms with van der Waals surface area (Å²) in [6, 6.07) is 10.5. The minimum Gasteiger partial charge on any atom is -0.463 e. The number of aromatic nitrogens is 1. The van der Waals surface area contributed by atoms with E-state index in [1.807, 2.05) is 12.1 Å². The van der Waals surface area contributed by atoms with Gasteiger partial charge in [0.2, 0.25) is 0 Å². The standard InChI is InChI=1S/C21H26N2O2S/c1-5-16-9-7-10-17(6-2)20(16)22-21-23(15(3)13-24-4)18(14-26-21)19-11-8-12-25-19/h7-12,14-15H,5-6,13H2,1-4H3. The van der Waals surface area contributed by atoms with Gasteiger partial charge < -0.3 is 13.7 Å². The summed E-state index contributed by atoms with van der Waals surface area (Å²) in [5.74, 6) is 0.852. The Bertz CT molecular complexity index is 884. The predicted molar refractivity (Wildman–Crippen MR) is 107 cm³/mol. The molecule has 2 aromatic heterocycles. The van der Waals surface area contributed by atoms with Crippen LogP contribution in [0, 0.1) is 0 Å². The molecule has 3 aromatic rings. The van der Waals surface area contributed by atoms with Gasteiger partial charge in [-0.1, -0.05) is 32.0 Å². The number of rotatable bonds is 7. The number of benzene rings is 1. The van der Waals surface area contributed by atoms with Gasteiger partial charge in [0.25, 0.3) is 0 Å². The molecule has 1 unspecified atom stereocenters. The molecular weight excluding hydrogens is 344 g/mol. The molecule has 1 atom stereocenters. The average Bonchev–Trinajstić information content (AvgIpc) is 3.31. The van der Waals surface area contributed by atoms with E-state index in [4.69, 9.17) is 14.1 Å². The van der Waals surface area contributed by atoms with Gasteiger partial charge in [0, 0.05) is 12.5 Å². The van der Waals surface area contributed by atoms with Crippen molar-refractivity contribution in [2.45, 2.75) is 39.7 Å². The Balaban J connectivity index is 2.21. The largest absolute Gasteiger partial charge is 0.463 e. The smallest absolute Gasteiger partial charge is 0.190 e. The van der Waals surface area contributed by atoms with Gasteiger partial charge in [-0.2, -0.15) is 0 Å². The van der Waals surface area contributed by atoms with Gasteiger partial charge in [-0.05, 0) is 43.0 Å². The summed E-state index contributed by atoms with van der Waals surface area (Å²) >= 11 is 1.64. The molecule has 0 bridgehead atoms. The maximum atomic E-state index is 5.65. The summed E-state index contributed by atoms with van der Waals surface area (Å²) in [6.45, 7) is 7.12. The van der Waals surface area contributed by atoms with Crippen molar-refractivity contribution in [1.82, 2.24) is 4.57 Å². The van der Waals surface area contributed by atoms with Crippen LogP contribution < -0.4 is 4.80 Å². The molecule has 2 heterocycles. The molecule has 0 N–H and O–H groups in total. The van der Waals surface area contributed by atoms with Crippen LogP contribution in [-0.2, 0) is 17.6 Å². The Hall–Kier alpha value is -2.11. The van der Waals surface area contributed by atoms with Crippen LogP contribution in [-0.4, -0.2) is 18.3 Å². The molecule has 0 aliphatic heterocycles. The van der Waals surface area contributed by atoms with Gasteiger partial charge in [0.15, 0.2) is 10.6 Å². The number of aryl methyl sites for hydroxylation is 2. The molecule has 4 nitrogen and oxygen atoms in total. The third kappa shape index (κ3) is 3.69. The first-order chi connectivity index (χ1) is 12.7. The van der Waals surface area contributed by atoms with Crippen LogP contribution in [0.2, 0.25) is 0 Å². The molecule has 0 amide bonds. The molecule has 3 rings (SSSR count). The topological polar surface area (TPSA) is 39.7 Å². The lowest BCUT2D eigenvalue weighted by Crippen LogP contribution is -2.23. The first-order valence-corrected chi connectivity index (χ1v) is 9.95. The normalized spacial score (nSPS) is 13.3. The quantitative estimate of drug-likeness (QED) is 0.560. The highest BCUT2D eigenvalue weighted by molar-refractivity contribution is 7.07. The summed E-state index contributed by atoms with van der Waals surface area (Å²) < 4.78 is 13.3. The number of hydrogen-bond donors (Lipinski definition) is 0. The van der Waals surface area contributed by atoms with Crippen LogP contribution in [0.15, 0.2) is 51.4 Å². The lowest BCUT2D eigenvalue weighted by atomic mass is 10.0. The number of para-hydroxylation sites is 1. The lowest BCUT2D eigenvalue weighted by molar-refractivity contribution is 0.161. The van der Waals surface area contributed by atoms with E-state index in [2.05, 4.69) is 48.9 Å². The van der Waals surface area contributed by atoms with E-state index in [1.54, 1.807) is 24.7 Å². The summed E-state index contributed by atoms with van der Waals surface area (Å²) in [6.07, 6.45) is 3.64. The van der Waals surface area contributed by atoms with Crippen LogP contribution in [0.5, 0.6) is 0 Å². The third-order valence-electron chi connectivity index (χ3n) is 4.54. The average molecular weight is 371 g/mol. The molecular formula is C21H26N2O2S. The van der Waals surface area contributed by atoms with Crippen molar-refractivity contribution in [2.75, 3.05) is 13.7 Å². The third-order valence-corrected chi connectivity index (χ3v) is 5.38.